The first-order valence-electron chi connectivity index (χ1n) is 8.54. The van der Waals surface area contributed by atoms with Crippen molar-refractivity contribution < 1.29 is 14.1 Å². The molecule has 1 atom stereocenters. The Bertz CT molecular complexity index is 803. The number of ketones is 1. The quantitative estimate of drug-likeness (QED) is 0.772. The Morgan fingerprint density at radius 2 is 2.08 bits per heavy atom. The Morgan fingerprint density at radius 1 is 1.36 bits per heavy atom. The minimum Gasteiger partial charge on any atom is -0.345 e. The van der Waals surface area contributed by atoms with Gasteiger partial charge in [0.25, 0.3) is 0 Å². The summed E-state index contributed by atoms with van der Waals surface area (Å²) in [6.07, 6.45) is 2.46. The fourth-order valence-corrected chi connectivity index (χ4v) is 2.94. The summed E-state index contributed by atoms with van der Waals surface area (Å²) in [5.41, 5.74) is 2.11. The van der Waals surface area contributed by atoms with E-state index in [0.29, 0.717) is 29.6 Å². The fourth-order valence-electron chi connectivity index (χ4n) is 2.94. The molecule has 25 heavy (non-hydrogen) atoms. The van der Waals surface area contributed by atoms with Crippen molar-refractivity contribution in [2.75, 3.05) is 0 Å². The maximum Gasteiger partial charge on any atom is 0.248 e. The summed E-state index contributed by atoms with van der Waals surface area (Å²) in [6.45, 7) is 7.40. The molecule has 1 fully saturated rings. The summed E-state index contributed by atoms with van der Waals surface area (Å²) in [6, 6.07) is -0.333. The summed E-state index contributed by atoms with van der Waals surface area (Å²) in [7, 11) is 0. The number of hydrogen-bond acceptors (Lipinski definition) is 6. The van der Waals surface area contributed by atoms with E-state index < -0.39 is 0 Å². The number of nitrogens with zero attached hydrogens (tertiary/aromatic N) is 4. The molecule has 1 saturated carbocycles. The van der Waals surface area contributed by atoms with E-state index in [2.05, 4.69) is 20.6 Å². The molecule has 0 radical (unpaired) electrons. The summed E-state index contributed by atoms with van der Waals surface area (Å²) in [5, 5.41) is 11.2. The Morgan fingerprint density at radius 3 is 2.68 bits per heavy atom. The van der Waals surface area contributed by atoms with Gasteiger partial charge in [0.15, 0.2) is 11.6 Å². The largest absolute Gasteiger partial charge is 0.345 e. The number of amides is 1. The second kappa shape index (κ2) is 6.78. The number of hydrogen-bond donors (Lipinski definition) is 1. The second-order valence-corrected chi connectivity index (χ2v) is 6.63. The van der Waals surface area contributed by atoms with E-state index in [4.69, 9.17) is 4.52 Å². The van der Waals surface area contributed by atoms with Gasteiger partial charge in [-0.2, -0.15) is 10.1 Å². The number of carbonyl (C=O) groups is 2. The Balaban J connectivity index is 1.55. The number of aryl methyl sites for hydroxylation is 2. The lowest BCUT2D eigenvalue weighted by Crippen LogP contribution is -2.28. The third kappa shape index (κ3) is 3.78. The molecule has 0 spiro atoms. The minimum absolute atomic E-state index is 0.0119. The lowest BCUT2D eigenvalue weighted by molar-refractivity contribution is -0.122. The highest BCUT2D eigenvalue weighted by Gasteiger charge is 2.29. The van der Waals surface area contributed by atoms with Crippen LogP contribution < -0.4 is 5.32 Å². The van der Waals surface area contributed by atoms with Crippen LogP contribution in [0.4, 0.5) is 0 Å². The van der Waals surface area contributed by atoms with Crippen LogP contribution in [0.15, 0.2) is 4.52 Å². The number of carbonyl (C=O) groups excluding carboxylic acids is 2. The molecule has 0 aliphatic heterocycles. The third-order valence-electron chi connectivity index (χ3n) is 4.43. The fraction of sp³-hybridized carbons (Fsp3) is 0.588. The Labute approximate surface area is 146 Å². The highest BCUT2D eigenvalue weighted by molar-refractivity contribution is 5.96. The zero-order valence-electron chi connectivity index (χ0n) is 15.0. The van der Waals surface area contributed by atoms with Gasteiger partial charge in [0.05, 0.1) is 11.3 Å². The lowest BCUT2D eigenvalue weighted by atomic mass is 10.1. The molecule has 8 heteroatoms. The maximum atomic E-state index is 12.2. The topological polar surface area (TPSA) is 103 Å². The molecule has 3 rings (SSSR count). The minimum atomic E-state index is -0.333. The SMILES string of the molecule is CC(=O)c1c(C)nn(CCC(=O)N[C@@H](C)c2nc(C3CC3)no2)c1C. The van der Waals surface area contributed by atoms with Crippen molar-refractivity contribution in [3.8, 4) is 0 Å². The highest BCUT2D eigenvalue weighted by Crippen LogP contribution is 2.38. The molecule has 0 bridgehead atoms. The van der Waals surface area contributed by atoms with Crippen molar-refractivity contribution in [3.63, 3.8) is 0 Å². The average molecular weight is 345 g/mol. The molecule has 2 aromatic heterocycles. The van der Waals surface area contributed by atoms with E-state index in [1.165, 1.54) is 6.92 Å². The van der Waals surface area contributed by atoms with Crippen molar-refractivity contribution in [3.05, 3.63) is 28.7 Å². The number of rotatable bonds is 7. The lowest BCUT2D eigenvalue weighted by Gasteiger charge is -2.10. The van der Waals surface area contributed by atoms with Crippen LogP contribution in [0.5, 0.6) is 0 Å². The summed E-state index contributed by atoms with van der Waals surface area (Å²) in [5.74, 6) is 1.44. The van der Waals surface area contributed by atoms with Crippen molar-refractivity contribution >= 4 is 11.7 Å². The summed E-state index contributed by atoms with van der Waals surface area (Å²) < 4.78 is 6.93. The van der Waals surface area contributed by atoms with Crippen LogP contribution in [0.2, 0.25) is 0 Å². The van der Waals surface area contributed by atoms with E-state index in [0.717, 1.165) is 24.4 Å². The molecule has 1 amide bonds. The monoisotopic (exact) mass is 345 g/mol. The molecular formula is C17H23N5O3. The van der Waals surface area contributed by atoms with Crippen molar-refractivity contribution in [2.24, 2.45) is 0 Å². The Kier molecular flexibility index (Phi) is 4.69. The third-order valence-corrected chi connectivity index (χ3v) is 4.43. The summed E-state index contributed by atoms with van der Waals surface area (Å²) >= 11 is 0. The molecular weight excluding hydrogens is 322 g/mol. The number of nitrogens with one attached hydrogen (secondary N) is 1. The van der Waals surface area contributed by atoms with E-state index in [-0.39, 0.29) is 24.2 Å². The average Bonchev–Trinajstić information content (AvgIpc) is 3.19. The van der Waals surface area contributed by atoms with Gasteiger partial charge in [0.1, 0.15) is 6.04 Å². The van der Waals surface area contributed by atoms with Crippen LogP contribution in [0, 0.1) is 13.8 Å². The molecule has 2 heterocycles. The first-order chi connectivity index (χ1) is 11.9. The molecule has 0 unspecified atom stereocenters. The molecule has 1 aliphatic rings. The van der Waals surface area contributed by atoms with Crippen LogP contribution in [0.25, 0.3) is 0 Å². The molecule has 2 aromatic rings. The van der Waals surface area contributed by atoms with Crippen LogP contribution in [-0.2, 0) is 11.3 Å². The van der Waals surface area contributed by atoms with Crippen molar-refractivity contribution in [1.82, 2.24) is 25.2 Å². The molecule has 0 aromatic carbocycles. The number of aromatic nitrogens is 4. The van der Waals surface area contributed by atoms with E-state index >= 15 is 0 Å². The molecule has 1 N–H and O–H groups in total. The second-order valence-electron chi connectivity index (χ2n) is 6.63. The van der Waals surface area contributed by atoms with Crippen LogP contribution in [0.1, 0.15) is 78.5 Å². The molecule has 134 valence electrons. The Hall–Kier alpha value is -2.51. The summed E-state index contributed by atoms with van der Waals surface area (Å²) in [4.78, 5) is 28.2. The van der Waals surface area contributed by atoms with Gasteiger partial charge in [-0.1, -0.05) is 5.16 Å². The molecule has 1 aliphatic carbocycles. The predicted molar refractivity (Wildman–Crippen MR) is 89.2 cm³/mol. The van der Waals surface area contributed by atoms with Gasteiger partial charge in [0.2, 0.25) is 11.8 Å². The standard InChI is InChI=1S/C17H23N5O3/c1-9-15(12(4)23)11(3)22(20-9)8-7-14(24)18-10(2)17-19-16(21-25-17)13-5-6-13/h10,13H,5-8H2,1-4H3,(H,18,24)/t10-/m0/s1. The van der Waals surface area contributed by atoms with E-state index in [1.807, 2.05) is 13.8 Å². The van der Waals surface area contributed by atoms with Gasteiger partial charge in [0, 0.05) is 24.6 Å². The number of Topliss-reactive ketones (excluding diaryl/α,β-unsaturated/α-hetero) is 1. The van der Waals surface area contributed by atoms with E-state index in [9.17, 15) is 9.59 Å². The van der Waals surface area contributed by atoms with E-state index in [1.54, 1.807) is 11.6 Å². The molecule has 0 saturated heterocycles. The van der Waals surface area contributed by atoms with Crippen LogP contribution in [0.3, 0.4) is 0 Å². The van der Waals surface area contributed by atoms with Gasteiger partial charge < -0.3 is 9.84 Å². The normalized spacial score (nSPS) is 15.2. The maximum absolute atomic E-state index is 12.2. The van der Waals surface area contributed by atoms with Gasteiger partial charge in [-0.05, 0) is 40.5 Å². The van der Waals surface area contributed by atoms with Gasteiger partial charge in [-0.25, -0.2) is 0 Å². The van der Waals surface area contributed by atoms with Gasteiger partial charge >= 0.3 is 0 Å². The van der Waals surface area contributed by atoms with Crippen LogP contribution in [-0.4, -0.2) is 31.6 Å². The van der Waals surface area contributed by atoms with Gasteiger partial charge in [-0.15, -0.1) is 0 Å². The molecule has 8 nitrogen and oxygen atoms in total. The first-order valence-corrected chi connectivity index (χ1v) is 8.54. The smallest absolute Gasteiger partial charge is 0.248 e. The predicted octanol–water partition coefficient (Wildman–Crippen LogP) is 2.23. The van der Waals surface area contributed by atoms with Crippen molar-refractivity contribution in [2.45, 2.75) is 65.5 Å². The zero-order valence-corrected chi connectivity index (χ0v) is 15.0. The van der Waals surface area contributed by atoms with Crippen LogP contribution >= 0.6 is 0 Å². The van der Waals surface area contributed by atoms with Crippen molar-refractivity contribution in [1.29, 1.82) is 0 Å². The first kappa shape index (κ1) is 17.3. The highest BCUT2D eigenvalue weighted by atomic mass is 16.5. The zero-order chi connectivity index (χ0) is 18.1. The van der Waals surface area contributed by atoms with Gasteiger partial charge in [-0.3, -0.25) is 14.3 Å².